The maximum Gasteiger partial charge on any atom is 0.0704 e. The van der Waals surface area contributed by atoms with Gasteiger partial charge in [0.05, 0.1) is 19.3 Å². The summed E-state index contributed by atoms with van der Waals surface area (Å²) in [5, 5.41) is 0. The molecule has 3 heteroatoms. The summed E-state index contributed by atoms with van der Waals surface area (Å²) < 4.78 is 11.1. The molecule has 0 unspecified atom stereocenters. The molecule has 1 spiro atoms. The highest BCUT2D eigenvalue weighted by atomic mass is 16.5. The SMILES string of the molecule is NC[C@H]1C[C@@]2(CCCOC2)CO1. The summed E-state index contributed by atoms with van der Waals surface area (Å²) >= 11 is 0. The number of nitrogens with two attached hydrogens (primary N) is 1. The van der Waals surface area contributed by atoms with Crippen LogP contribution in [0.25, 0.3) is 0 Å². The smallest absolute Gasteiger partial charge is 0.0704 e. The van der Waals surface area contributed by atoms with Crippen molar-refractivity contribution >= 4 is 0 Å². The predicted molar refractivity (Wildman–Crippen MR) is 45.9 cm³/mol. The summed E-state index contributed by atoms with van der Waals surface area (Å²) in [5.41, 5.74) is 5.88. The van der Waals surface area contributed by atoms with Gasteiger partial charge in [0.25, 0.3) is 0 Å². The minimum absolute atomic E-state index is 0.284. The molecule has 2 atom stereocenters. The van der Waals surface area contributed by atoms with Crippen LogP contribution in [0.3, 0.4) is 0 Å². The molecule has 2 fully saturated rings. The topological polar surface area (TPSA) is 44.5 Å². The Labute approximate surface area is 73.2 Å². The van der Waals surface area contributed by atoms with Gasteiger partial charge < -0.3 is 15.2 Å². The van der Waals surface area contributed by atoms with Crippen molar-refractivity contribution in [3.63, 3.8) is 0 Å². The molecule has 3 nitrogen and oxygen atoms in total. The highest BCUT2D eigenvalue weighted by Crippen LogP contribution is 2.39. The predicted octanol–water partition coefficient (Wildman–Crippen LogP) is 0.531. The zero-order chi connectivity index (χ0) is 8.44. The van der Waals surface area contributed by atoms with Gasteiger partial charge in [0, 0.05) is 18.6 Å². The summed E-state index contributed by atoms with van der Waals surface area (Å²) in [7, 11) is 0. The monoisotopic (exact) mass is 171 g/mol. The Morgan fingerprint density at radius 3 is 2.92 bits per heavy atom. The molecule has 0 aliphatic carbocycles. The van der Waals surface area contributed by atoms with Crippen molar-refractivity contribution < 1.29 is 9.47 Å². The summed E-state index contributed by atoms with van der Waals surface area (Å²) in [6.45, 7) is 3.31. The fraction of sp³-hybridized carbons (Fsp3) is 1.00. The Morgan fingerprint density at radius 1 is 1.42 bits per heavy atom. The lowest BCUT2D eigenvalue weighted by molar-refractivity contribution is -0.0135. The third-order valence-corrected chi connectivity index (χ3v) is 2.95. The molecule has 2 aliphatic rings. The largest absolute Gasteiger partial charge is 0.381 e. The van der Waals surface area contributed by atoms with E-state index in [1.165, 1.54) is 12.8 Å². The van der Waals surface area contributed by atoms with Crippen molar-refractivity contribution in [2.24, 2.45) is 11.1 Å². The second-order valence-corrected chi connectivity index (χ2v) is 4.03. The minimum atomic E-state index is 0.284. The van der Waals surface area contributed by atoms with E-state index in [1.807, 2.05) is 0 Å². The molecule has 2 aliphatic heterocycles. The maximum absolute atomic E-state index is 5.59. The van der Waals surface area contributed by atoms with E-state index >= 15 is 0 Å². The molecule has 2 heterocycles. The van der Waals surface area contributed by atoms with Crippen molar-refractivity contribution in [2.75, 3.05) is 26.4 Å². The van der Waals surface area contributed by atoms with Crippen molar-refractivity contribution in [1.29, 1.82) is 0 Å². The quantitative estimate of drug-likeness (QED) is 0.626. The first-order valence-corrected chi connectivity index (χ1v) is 4.74. The van der Waals surface area contributed by atoms with Gasteiger partial charge in [0.15, 0.2) is 0 Å². The summed E-state index contributed by atoms with van der Waals surface area (Å²) in [6.07, 6.45) is 3.82. The first-order chi connectivity index (χ1) is 5.85. The van der Waals surface area contributed by atoms with E-state index in [9.17, 15) is 0 Å². The van der Waals surface area contributed by atoms with Crippen molar-refractivity contribution in [3.05, 3.63) is 0 Å². The van der Waals surface area contributed by atoms with Crippen LogP contribution in [0.5, 0.6) is 0 Å². The van der Waals surface area contributed by atoms with Gasteiger partial charge in [0.1, 0.15) is 0 Å². The van der Waals surface area contributed by atoms with Crippen molar-refractivity contribution in [2.45, 2.75) is 25.4 Å². The van der Waals surface area contributed by atoms with Crippen LogP contribution >= 0.6 is 0 Å². The zero-order valence-electron chi connectivity index (χ0n) is 7.42. The highest BCUT2D eigenvalue weighted by Gasteiger charge is 2.40. The zero-order valence-corrected chi connectivity index (χ0v) is 7.42. The van der Waals surface area contributed by atoms with Crippen LogP contribution in [-0.4, -0.2) is 32.5 Å². The Hall–Kier alpha value is -0.120. The molecule has 2 rings (SSSR count). The van der Waals surface area contributed by atoms with Crippen LogP contribution in [0.4, 0.5) is 0 Å². The molecule has 0 aromatic rings. The van der Waals surface area contributed by atoms with Gasteiger partial charge in [-0.1, -0.05) is 0 Å². The second kappa shape index (κ2) is 3.32. The fourth-order valence-corrected chi connectivity index (χ4v) is 2.23. The van der Waals surface area contributed by atoms with Crippen molar-refractivity contribution in [3.8, 4) is 0 Å². The van der Waals surface area contributed by atoms with E-state index < -0.39 is 0 Å². The average Bonchev–Trinajstić information content (AvgIpc) is 2.50. The molecule has 0 saturated carbocycles. The van der Waals surface area contributed by atoms with Gasteiger partial charge in [-0.3, -0.25) is 0 Å². The van der Waals surface area contributed by atoms with Gasteiger partial charge in [-0.15, -0.1) is 0 Å². The molecule has 2 N–H and O–H groups in total. The van der Waals surface area contributed by atoms with E-state index in [4.69, 9.17) is 15.2 Å². The lowest BCUT2D eigenvalue weighted by Gasteiger charge is -2.31. The standard InChI is InChI=1S/C9H17NO2/c10-5-8-4-9(7-12-8)2-1-3-11-6-9/h8H,1-7,10H2/t8-,9-/m1/s1. The lowest BCUT2D eigenvalue weighted by atomic mass is 9.80. The number of hydrogen-bond acceptors (Lipinski definition) is 3. The van der Waals surface area contributed by atoms with Crippen LogP contribution in [-0.2, 0) is 9.47 Å². The first kappa shape index (κ1) is 8.48. The summed E-state index contributed by atoms with van der Waals surface area (Å²) in [6, 6.07) is 0. The minimum Gasteiger partial charge on any atom is -0.381 e. The van der Waals surface area contributed by atoms with Gasteiger partial charge in [-0.25, -0.2) is 0 Å². The molecule has 2 saturated heterocycles. The number of rotatable bonds is 1. The molecular formula is C9H17NO2. The van der Waals surface area contributed by atoms with E-state index in [-0.39, 0.29) is 6.10 Å². The van der Waals surface area contributed by atoms with E-state index in [0.717, 1.165) is 26.2 Å². The first-order valence-electron chi connectivity index (χ1n) is 4.74. The van der Waals surface area contributed by atoms with Crippen LogP contribution in [0.2, 0.25) is 0 Å². The molecule has 0 amide bonds. The van der Waals surface area contributed by atoms with Crippen LogP contribution in [0, 0.1) is 5.41 Å². The normalized spacial score (nSPS) is 42.2. The van der Waals surface area contributed by atoms with Gasteiger partial charge in [-0.05, 0) is 19.3 Å². The van der Waals surface area contributed by atoms with E-state index in [0.29, 0.717) is 12.0 Å². The van der Waals surface area contributed by atoms with Gasteiger partial charge >= 0.3 is 0 Å². The van der Waals surface area contributed by atoms with E-state index in [2.05, 4.69) is 0 Å². The highest BCUT2D eigenvalue weighted by molar-refractivity contribution is 4.89. The van der Waals surface area contributed by atoms with Gasteiger partial charge in [0.2, 0.25) is 0 Å². The van der Waals surface area contributed by atoms with Crippen molar-refractivity contribution in [1.82, 2.24) is 0 Å². The molecule has 70 valence electrons. The number of hydrogen-bond donors (Lipinski definition) is 1. The molecule has 0 aromatic heterocycles. The third-order valence-electron chi connectivity index (χ3n) is 2.95. The molecule has 12 heavy (non-hydrogen) atoms. The Morgan fingerprint density at radius 2 is 2.33 bits per heavy atom. The Balaban J connectivity index is 1.94. The summed E-state index contributed by atoms with van der Waals surface area (Å²) in [5.74, 6) is 0. The van der Waals surface area contributed by atoms with Crippen LogP contribution in [0.1, 0.15) is 19.3 Å². The van der Waals surface area contributed by atoms with Crippen LogP contribution in [0.15, 0.2) is 0 Å². The fourth-order valence-electron chi connectivity index (χ4n) is 2.23. The maximum atomic E-state index is 5.59. The van der Waals surface area contributed by atoms with E-state index in [1.54, 1.807) is 0 Å². The van der Waals surface area contributed by atoms with Crippen LogP contribution < -0.4 is 5.73 Å². The summed E-state index contributed by atoms with van der Waals surface area (Å²) in [4.78, 5) is 0. The molecule has 0 radical (unpaired) electrons. The molecule has 0 aromatic carbocycles. The second-order valence-electron chi connectivity index (χ2n) is 4.03. The molecule has 0 bridgehead atoms. The third kappa shape index (κ3) is 1.49. The number of ether oxygens (including phenoxy) is 2. The Kier molecular flexibility index (Phi) is 2.35. The average molecular weight is 171 g/mol. The molecular weight excluding hydrogens is 154 g/mol. The Bertz CT molecular complexity index is 155. The van der Waals surface area contributed by atoms with Gasteiger partial charge in [-0.2, -0.15) is 0 Å². The lowest BCUT2D eigenvalue weighted by Crippen LogP contribution is -2.32.